The molecule has 0 fully saturated rings. The van der Waals surface area contributed by atoms with Crippen LogP contribution in [0.3, 0.4) is 0 Å². The van der Waals surface area contributed by atoms with Crippen molar-refractivity contribution in [2.24, 2.45) is 0 Å². The highest BCUT2D eigenvalue weighted by atomic mass is 15.7. The second-order valence-electron chi connectivity index (χ2n) is 7.64. The van der Waals surface area contributed by atoms with Gasteiger partial charge in [-0.2, -0.15) is 0 Å². The Labute approximate surface area is 135 Å². The molecule has 0 bridgehead atoms. The zero-order valence-corrected chi connectivity index (χ0v) is 14.7. The maximum absolute atomic E-state index is 2.39. The number of benzene rings is 2. The summed E-state index contributed by atoms with van der Waals surface area (Å²) in [6.07, 6.45) is 0. The quantitative estimate of drug-likeness (QED) is 0.689. The number of nitrogens with zero attached hydrogens (tertiary/aromatic N) is 2. The Kier molecular flexibility index (Phi) is 4.50. The molecule has 2 nitrogen and oxygen atoms in total. The van der Waals surface area contributed by atoms with E-state index in [9.17, 15) is 0 Å². The highest BCUT2D eigenvalue weighted by Crippen LogP contribution is 2.34. The van der Waals surface area contributed by atoms with Gasteiger partial charge in [0.2, 0.25) is 0 Å². The van der Waals surface area contributed by atoms with E-state index < -0.39 is 0 Å². The topological polar surface area (TPSA) is 6.48 Å². The third-order valence-electron chi connectivity index (χ3n) is 3.47. The van der Waals surface area contributed by atoms with Crippen molar-refractivity contribution in [3.63, 3.8) is 0 Å². The van der Waals surface area contributed by atoms with Crippen LogP contribution in [0, 0.1) is 0 Å². The lowest BCUT2D eigenvalue weighted by molar-refractivity contribution is 0.401. The van der Waals surface area contributed by atoms with Gasteiger partial charge in [0.05, 0.1) is 22.5 Å². The Balaban J connectivity index is 2.60. The number of anilines is 2. The molecular formula is C20H28N2. The molecule has 0 aliphatic rings. The fraction of sp³-hybridized carbons (Fsp3) is 0.400. The highest BCUT2D eigenvalue weighted by molar-refractivity contribution is 5.60. The van der Waals surface area contributed by atoms with Gasteiger partial charge < -0.3 is 0 Å². The Morgan fingerprint density at radius 2 is 0.773 bits per heavy atom. The van der Waals surface area contributed by atoms with E-state index in [4.69, 9.17) is 0 Å². The number of para-hydroxylation sites is 2. The molecule has 0 amide bonds. The van der Waals surface area contributed by atoms with Crippen LogP contribution < -0.4 is 10.0 Å². The molecule has 0 N–H and O–H groups in total. The summed E-state index contributed by atoms with van der Waals surface area (Å²) in [6, 6.07) is 21.2. The monoisotopic (exact) mass is 296 g/mol. The Hall–Kier alpha value is -1.96. The van der Waals surface area contributed by atoms with Crippen molar-refractivity contribution in [3.05, 3.63) is 60.7 Å². The highest BCUT2D eigenvalue weighted by Gasteiger charge is 2.34. The van der Waals surface area contributed by atoms with E-state index in [0.717, 1.165) is 0 Å². The SMILES string of the molecule is CC(C)(C)N(c1ccccc1)N(c1ccccc1)C(C)(C)C. The van der Waals surface area contributed by atoms with Gasteiger partial charge in [0.25, 0.3) is 0 Å². The number of hydrazine groups is 1. The molecule has 2 rings (SSSR count). The molecule has 0 radical (unpaired) electrons. The van der Waals surface area contributed by atoms with Crippen LogP contribution in [0.1, 0.15) is 41.5 Å². The lowest BCUT2D eigenvalue weighted by atomic mass is 10.0. The second-order valence-corrected chi connectivity index (χ2v) is 7.64. The van der Waals surface area contributed by atoms with Crippen LogP contribution in [0.5, 0.6) is 0 Å². The van der Waals surface area contributed by atoms with Gasteiger partial charge in [-0.3, -0.25) is 10.0 Å². The average molecular weight is 296 g/mol. The summed E-state index contributed by atoms with van der Waals surface area (Å²) in [4.78, 5) is 0. The van der Waals surface area contributed by atoms with Gasteiger partial charge in [-0.25, -0.2) is 0 Å². The van der Waals surface area contributed by atoms with E-state index in [1.54, 1.807) is 0 Å². The van der Waals surface area contributed by atoms with Crippen molar-refractivity contribution in [1.82, 2.24) is 0 Å². The molecule has 2 heteroatoms. The second kappa shape index (κ2) is 6.04. The third-order valence-corrected chi connectivity index (χ3v) is 3.47. The van der Waals surface area contributed by atoms with Gasteiger partial charge in [-0.05, 0) is 65.8 Å². The lowest BCUT2D eigenvalue weighted by Crippen LogP contribution is -2.60. The molecule has 2 aromatic carbocycles. The van der Waals surface area contributed by atoms with Crippen LogP contribution in [-0.2, 0) is 0 Å². The molecule has 0 aromatic heterocycles. The summed E-state index contributed by atoms with van der Waals surface area (Å²) in [5, 5.41) is 4.78. The first-order valence-electron chi connectivity index (χ1n) is 7.92. The van der Waals surface area contributed by atoms with Crippen LogP contribution in [0.25, 0.3) is 0 Å². The van der Waals surface area contributed by atoms with Crippen molar-refractivity contribution in [1.29, 1.82) is 0 Å². The van der Waals surface area contributed by atoms with Crippen LogP contribution in [-0.4, -0.2) is 11.1 Å². The number of hydrogen-bond acceptors (Lipinski definition) is 2. The largest absolute Gasteiger partial charge is 0.280 e. The summed E-state index contributed by atoms with van der Waals surface area (Å²) in [5.74, 6) is 0. The first-order chi connectivity index (χ1) is 10.2. The van der Waals surface area contributed by atoms with Gasteiger partial charge in [-0.15, -0.1) is 0 Å². The van der Waals surface area contributed by atoms with E-state index >= 15 is 0 Å². The molecule has 0 atom stereocenters. The minimum Gasteiger partial charge on any atom is -0.280 e. The van der Waals surface area contributed by atoms with Gasteiger partial charge in [-0.1, -0.05) is 36.4 Å². The zero-order chi connectivity index (χ0) is 16.4. The van der Waals surface area contributed by atoms with E-state index in [0.29, 0.717) is 0 Å². The van der Waals surface area contributed by atoms with E-state index in [1.165, 1.54) is 11.4 Å². The fourth-order valence-electron chi connectivity index (χ4n) is 2.74. The molecule has 0 saturated heterocycles. The lowest BCUT2D eigenvalue weighted by Gasteiger charge is -2.52. The van der Waals surface area contributed by atoms with E-state index in [-0.39, 0.29) is 11.1 Å². The van der Waals surface area contributed by atoms with Crippen LogP contribution in [0.15, 0.2) is 60.7 Å². The Morgan fingerprint density at radius 1 is 0.500 bits per heavy atom. The Morgan fingerprint density at radius 3 is 1.00 bits per heavy atom. The van der Waals surface area contributed by atoms with Crippen molar-refractivity contribution in [3.8, 4) is 0 Å². The fourth-order valence-corrected chi connectivity index (χ4v) is 2.74. The number of hydrogen-bond donors (Lipinski definition) is 0. The van der Waals surface area contributed by atoms with Crippen molar-refractivity contribution < 1.29 is 0 Å². The normalized spacial score (nSPS) is 12.1. The molecule has 2 aromatic rings. The maximum Gasteiger partial charge on any atom is 0.0580 e. The van der Waals surface area contributed by atoms with Crippen molar-refractivity contribution in [2.75, 3.05) is 10.0 Å². The summed E-state index contributed by atoms with van der Waals surface area (Å²) >= 11 is 0. The van der Waals surface area contributed by atoms with Gasteiger partial charge >= 0.3 is 0 Å². The van der Waals surface area contributed by atoms with Crippen LogP contribution in [0.4, 0.5) is 11.4 Å². The summed E-state index contributed by atoms with van der Waals surface area (Å²) in [6.45, 7) is 13.5. The summed E-state index contributed by atoms with van der Waals surface area (Å²) in [7, 11) is 0. The maximum atomic E-state index is 2.39. The number of rotatable bonds is 3. The van der Waals surface area contributed by atoms with Crippen molar-refractivity contribution >= 4 is 11.4 Å². The van der Waals surface area contributed by atoms with Crippen LogP contribution in [0.2, 0.25) is 0 Å². The minimum atomic E-state index is -0.0372. The Bertz CT molecular complexity index is 521. The molecule has 0 unspecified atom stereocenters. The first-order valence-corrected chi connectivity index (χ1v) is 7.92. The first kappa shape index (κ1) is 16.4. The molecule has 0 aliphatic carbocycles. The average Bonchev–Trinajstić information content (AvgIpc) is 2.44. The predicted octanol–water partition coefficient (Wildman–Crippen LogP) is 5.51. The molecule has 0 spiro atoms. The van der Waals surface area contributed by atoms with E-state index in [1.807, 2.05) is 0 Å². The standard InChI is InChI=1S/C20H28N2/c1-19(2,3)21(17-13-9-7-10-14-17)22(20(4,5)6)18-15-11-8-12-16-18/h7-16H,1-6H3. The van der Waals surface area contributed by atoms with Crippen molar-refractivity contribution in [2.45, 2.75) is 52.6 Å². The van der Waals surface area contributed by atoms with Gasteiger partial charge in [0, 0.05) is 0 Å². The minimum absolute atomic E-state index is 0.0372. The smallest absolute Gasteiger partial charge is 0.0580 e. The van der Waals surface area contributed by atoms with Crippen LogP contribution >= 0.6 is 0 Å². The van der Waals surface area contributed by atoms with E-state index in [2.05, 4.69) is 112 Å². The molecule has 22 heavy (non-hydrogen) atoms. The third kappa shape index (κ3) is 3.62. The van der Waals surface area contributed by atoms with Gasteiger partial charge in [0.1, 0.15) is 0 Å². The molecule has 0 saturated carbocycles. The summed E-state index contributed by atoms with van der Waals surface area (Å²) < 4.78 is 0. The van der Waals surface area contributed by atoms with Gasteiger partial charge in [0.15, 0.2) is 0 Å². The molecule has 118 valence electrons. The molecular weight excluding hydrogens is 268 g/mol. The zero-order valence-electron chi connectivity index (χ0n) is 14.7. The molecule has 0 heterocycles. The molecule has 0 aliphatic heterocycles. The predicted molar refractivity (Wildman–Crippen MR) is 97.3 cm³/mol. The summed E-state index contributed by atoms with van der Waals surface area (Å²) in [5.41, 5.74) is 2.33.